The predicted octanol–water partition coefficient (Wildman–Crippen LogP) is 2.77. The first-order chi connectivity index (χ1) is 13.3. The molecule has 4 rings (SSSR count). The maximum absolute atomic E-state index is 13.0. The molecular formula is C20H22ClN3O3S. The molecule has 6 nitrogen and oxygen atoms in total. The molecule has 2 heterocycles. The predicted molar refractivity (Wildman–Crippen MR) is 109 cm³/mol. The minimum atomic E-state index is -3.56. The number of carbonyl (C=O) groups is 1. The van der Waals surface area contributed by atoms with Crippen LogP contribution in [0.15, 0.2) is 53.4 Å². The van der Waals surface area contributed by atoms with Crippen LogP contribution in [-0.4, -0.2) is 43.9 Å². The van der Waals surface area contributed by atoms with Gasteiger partial charge in [0.25, 0.3) is 0 Å². The summed E-state index contributed by atoms with van der Waals surface area (Å²) in [4.78, 5) is 15.0. The van der Waals surface area contributed by atoms with Gasteiger partial charge in [-0.2, -0.15) is 4.31 Å². The van der Waals surface area contributed by atoms with Crippen molar-refractivity contribution < 1.29 is 13.2 Å². The Bertz CT molecular complexity index is 982. The van der Waals surface area contributed by atoms with Crippen LogP contribution in [0.2, 0.25) is 5.02 Å². The molecule has 0 unspecified atom stereocenters. The van der Waals surface area contributed by atoms with Gasteiger partial charge in [0.15, 0.2) is 0 Å². The third-order valence-corrected chi connectivity index (χ3v) is 7.85. The second kappa shape index (κ2) is 7.06. The van der Waals surface area contributed by atoms with Crippen molar-refractivity contribution in [3.8, 4) is 0 Å². The van der Waals surface area contributed by atoms with Crippen molar-refractivity contribution in [3.63, 3.8) is 0 Å². The lowest BCUT2D eigenvalue weighted by molar-refractivity contribution is -0.124. The van der Waals surface area contributed by atoms with E-state index < -0.39 is 15.6 Å². The molecule has 0 atom stereocenters. The number of carbonyl (C=O) groups excluding carboxylic acids is 1. The minimum Gasteiger partial charge on any atom is -0.339 e. The molecule has 2 aromatic carbocycles. The highest BCUT2D eigenvalue weighted by molar-refractivity contribution is 7.89. The number of hydrogen-bond acceptors (Lipinski definition) is 4. The van der Waals surface area contributed by atoms with Crippen LogP contribution in [-0.2, 0) is 14.8 Å². The van der Waals surface area contributed by atoms with Crippen molar-refractivity contribution in [2.75, 3.05) is 24.7 Å². The van der Waals surface area contributed by atoms with E-state index in [1.54, 1.807) is 36.4 Å². The molecule has 8 heteroatoms. The first kappa shape index (κ1) is 19.2. The van der Waals surface area contributed by atoms with Gasteiger partial charge in [-0.15, -0.1) is 0 Å². The lowest BCUT2D eigenvalue weighted by atomic mass is 9.86. The van der Waals surface area contributed by atoms with Gasteiger partial charge in [0.05, 0.1) is 11.6 Å². The molecule has 2 fully saturated rings. The summed E-state index contributed by atoms with van der Waals surface area (Å²) in [7, 11) is -3.56. The molecule has 0 saturated carbocycles. The summed E-state index contributed by atoms with van der Waals surface area (Å²) in [5, 5.41) is 3.56. The van der Waals surface area contributed by atoms with Gasteiger partial charge in [-0.3, -0.25) is 4.79 Å². The lowest BCUT2D eigenvalue weighted by Crippen LogP contribution is -2.57. The topological polar surface area (TPSA) is 69.7 Å². The number of anilines is 1. The van der Waals surface area contributed by atoms with Crippen LogP contribution in [0.3, 0.4) is 0 Å². The molecule has 2 saturated heterocycles. The van der Waals surface area contributed by atoms with Crippen molar-refractivity contribution in [3.05, 3.63) is 59.1 Å². The van der Waals surface area contributed by atoms with Crippen LogP contribution in [0, 0.1) is 6.92 Å². The normalized spacial score (nSPS) is 19.8. The summed E-state index contributed by atoms with van der Waals surface area (Å²) in [5.74, 6) is -0.0465. The van der Waals surface area contributed by atoms with Crippen LogP contribution >= 0.6 is 11.6 Å². The molecule has 2 aliphatic rings. The van der Waals surface area contributed by atoms with Gasteiger partial charge in [0, 0.05) is 23.8 Å². The Balaban J connectivity index is 1.57. The van der Waals surface area contributed by atoms with Gasteiger partial charge in [-0.05, 0) is 56.2 Å². The van der Waals surface area contributed by atoms with Crippen molar-refractivity contribution in [1.82, 2.24) is 9.62 Å². The van der Waals surface area contributed by atoms with E-state index in [9.17, 15) is 13.2 Å². The van der Waals surface area contributed by atoms with Gasteiger partial charge < -0.3 is 10.2 Å². The molecular weight excluding hydrogens is 398 g/mol. The zero-order valence-electron chi connectivity index (χ0n) is 15.6. The number of hydrogen-bond donors (Lipinski definition) is 1. The molecule has 2 aromatic rings. The number of nitrogens with one attached hydrogen (secondary N) is 1. The highest BCUT2D eigenvalue weighted by Crippen LogP contribution is 2.37. The van der Waals surface area contributed by atoms with Gasteiger partial charge in [0.1, 0.15) is 5.54 Å². The Morgan fingerprint density at radius 2 is 1.61 bits per heavy atom. The molecule has 1 N–H and O–H groups in total. The summed E-state index contributed by atoms with van der Waals surface area (Å²) < 4.78 is 27.4. The zero-order valence-corrected chi connectivity index (χ0v) is 17.1. The van der Waals surface area contributed by atoms with Gasteiger partial charge in [-0.1, -0.05) is 29.3 Å². The number of halogens is 1. The van der Waals surface area contributed by atoms with Gasteiger partial charge in [0.2, 0.25) is 15.9 Å². The van der Waals surface area contributed by atoms with Crippen molar-refractivity contribution in [2.24, 2.45) is 0 Å². The van der Waals surface area contributed by atoms with Crippen molar-refractivity contribution in [2.45, 2.75) is 30.2 Å². The number of sulfonamides is 1. The number of nitrogens with zero attached hydrogens (tertiary/aromatic N) is 2. The van der Waals surface area contributed by atoms with E-state index in [2.05, 4.69) is 5.32 Å². The van der Waals surface area contributed by atoms with E-state index in [-0.39, 0.29) is 5.91 Å². The maximum atomic E-state index is 13.0. The van der Waals surface area contributed by atoms with Crippen molar-refractivity contribution >= 4 is 33.2 Å². The molecule has 0 radical (unpaired) electrons. The number of amides is 1. The van der Waals surface area contributed by atoms with Crippen LogP contribution in [0.25, 0.3) is 0 Å². The Hall–Kier alpha value is -2.09. The summed E-state index contributed by atoms with van der Waals surface area (Å²) in [6.45, 7) is 2.93. The molecule has 2 aliphatic heterocycles. The summed E-state index contributed by atoms with van der Waals surface area (Å²) in [6.07, 6.45) is 0.874. The zero-order chi connectivity index (χ0) is 19.9. The average molecular weight is 420 g/mol. The highest BCUT2D eigenvalue weighted by Gasteiger charge is 2.51. The van der Waals surface area contributed by atoms with Crippen LogP contribution in [0.1, 0.15) is 18.4 Å². The van der Waals surface area contributed by atoms with Crippen LogP contribution in [0.5, 0.6) is 0 Å². The Morgan fingerprint density at radius 3 is 2.21 bits per heavy atom. The number of aryl methyl sites for hydroxylation is 1. The Kier molecular flexibility index (Phi) is 4.85. The summed E-state index contributed by atoms with van der Waals surface area (Å²) in [6, 6.07) is 14.2. The lowest BCUT2D eigenvalue weighted by Gasteiger charge is -2.42. The maximum Gasteiger partial charge on any atom is 0.247 e. The molecule has 0 aromatic heterocycles. The molecule has 28 heavy (non-hydrogen) atoms. The standard InChI is InChI=1S/C20H22ClN3O3S/c1-15-2-8-18(9-3-15)28(26,27)23-12-10-20(11-13-23)19(25)22-14-24(20)17-6-4-16(21)5-7-17/h2-9H,10-14H2,1H3,(H,22,25). The molecule has 1 spiro atoms. The number of benzene rings is 2. The average Bonchev–Trinajstić information content (AvgIpc) is 2.99. The van der Waals surface area contributed by atoms with Gasteiger partial charge >= 0.3 is 0 Å². The van der Waals surface area contributed by atoms with Gasteiger partial charge in [-0.25, -0.2) is 8.42 Å². The fraction of sp³-hybridized carbons (Fsp3) is 0.350. The van der Waals surface area contributed by atoms with Crippen LogP contribution < -0.4 is 10.2 Å². The Labute approximate surface area is 170 Å². The van der Waals surface area contributed by atoms with E-state index in [4.69, 9.17) is 11.6 Å². The minimum absolute atomic E-state index is 0.0465. The van der Waals surface area contributed by atoms with E-state index in [1.165, 1.54) is 4.31 Å². The monoisotopic (exact) mass is 419 g/mol. The highest BCUT2D eigenvalue weighted by atomic mass is 35.5. The summed E-state index contributed by atoms with van der Waals surface area (Å²) >= 11 is 5.99. The first-order valence-corrected chi connectivity index (χ1v) is 11.0. The third kappa shape index (κ3) is 3.17. The largest absolute Gasteiger partial charge is 0.339 e. The fourth-order valence-electron chi connectivity index (χ4n) is 4.00. The smallest absolute Gasteiger partial charge is 0.247 e. The van der Waals surface area contributed by atoms with Crippen LogP contribution in [0.4, 0.5) is 5.69 Å². The third-order valence-electron chi connectivity index (χ3n) is 5.68. The van der Waals surface area contributed by atoms with E-state index in [0.717, 1.165) is 11.3 Å². The van der Waals surface area contributed by atoms with E-state index in [0.29, 0.717) is 42.5 Å². The SMILES string of the molecule is Cc1ccc(S(=O)(=O)N2CCC3(CC2)C(=O)NCN3c2ccc(Cl)cc2)cc1. The van der Waals surface area contributed by atoms with E-state index >= 15 is 0 Å². The second-order valence-corrected chi connectivity index (χ2v) is 9.69. The second-order valence-electron chi connectivity index (χ2n) is 7.32. The molecule has 1 amide bonds. The first-order valence-electron chi connectivity index (χ1n) is 9.21. The Morgan fingerprint density at radius 1 is 1.00 bits per heavy atom. The number of rotatable bonds is 3. The number of piperidine rings is 1. The van der Waals surface area contributed by atoms with E-state index in [1.807, 2.05) is 24.0 Å². The molecule has 0 bridgehead atoms. The molecule has 148 valence electrons. The quantitative estimate of drug-likeness (QED) is 0.830. The summed E-state index contributed by atoms with van der Waals surface area (Å²) in [5.41, 5.74) is 1.18. The van der Waals surface area contributed by atoms with Crippen molar-refractivity contribution in [1.29, 1.82) is 0 Å². The molecule has 0 aliphatic carbocycles. The fourth-order valence-corrected chi connectivity index (χ4v) is 5.57.